The van der Waals surface area contributed by atoms with Crippen LogP contribution in [0.1, 0.15) is 25.8 Å². The summed E-state index contributed by atoms with van der Waals surface area (Å²) in [5.41, 5.74) is 3.74. The first-order chi connectivity index (χ1) is 11.9. The molecule has 0 fully saturated rings. The maximum atomic E-state index is 11.2. The molecule has 8 heteroatoms. The number of non-ortho nitro benzene ring substituents is 1. The Morgan fingerprint density at radius 2 is 1.80 bits per heavy atom. The molecule has 0 aliphatic carbocycles. The molecule has 1 N–H and O–H groups in total. The van der Waals surface area contributed by atoms with Gasteiger partial charge in [-0.3, -0.25) is 25.7 Å². The van der Waals surface area contributed by atoms with Crippen LogP contribution in [0, 0.1) is 26.1 Å². The van der Waals surface area contributed by atoms with Crippen molar-refractivity contribution in [2.24, 2.45) is 11.0 Å². The summed E-state index contributed by atoms with van der Waals surface area (Å²) in [4.78, 5) is 20.7. The topological polar surface area (TPSA) is 111 Å². The fraction of sp³-hybridized carbons (Fsp3) is 0.235. The van der Waals surface area contributed by atoms with Gasteiger partial charge < -0.3 is 0 Å². The number of nitro groups is 2. The van der Waals surface area contributed by atoms with E-state index in [-0.39, 0.29) is 17.3 Å². The van der Waals surface area contributed by atoms with Gasteiger partial charge in [0.15, 0.2) is 0 Å². The lowest BCUT2D eigenvalue weighted by Gasteiger charge is -2.13. The van der Waals surface area contributed by atoms with Gasteiger partial charge in [0.2, 0.25) is 0 Å². The third-order valence-corrected chi connectivity index (χ3v) is 3.83. The highest BCUT2D eigenvalue weighted by Gasteiger charge is 2.20. The highest BCUT2D eigenvalue weighted by molar-refractivity contribution is 6.02. The lowest BCUT2D eigenvalue weighted by Crippen LogP contribution is -2.14. The highest BCUT2D eigenvalue weighted by Crippen LogP contribution is 2.29. The Hall–Kier alpha value is -3.29. The first-order valence-corrected chi connectivity index (χ1v) is 7.75. The smallest absolute Gasteiger partial charge is 0.271 e. The van der Waals surface area contributed by atoms with Crippen molar-refractivity contribution in [2.45, 2.75) is 20.3 Å². The van der Waals surface area contributed by atoms with Crippen molar-refractivity contribution >= 4 is 22.8 Å². The average Bonchev–Trinajstić information content (AvgIpc) is 2.62. The lowest BCUT2D eigenvalue weighted by molar-refractivity contribution is -0.393. The average molecular weight is 342 g/mol. The molecule has 1 unspecified atom stereocenters. The molecule has 2 rings (SSSR count). The van der Waals surface area contributed by atoms with Crippen LogP contribution in [0.15, 0.2) is 53.6 Å². The van der Waals surface area contributed by atoms with Crippen molar-refractivity contribution in [3.05, 3.63) is 74.3 Å². The van der Waals surface area contributed by atoms with Gasteiger partial charge in [0.05, 0.1) is 21.6 Å². The van der Waals surface area contributed by atoms with Gasteiger partial charge in [0, 0.05) is 12.0 Å². The normalized spacial score (nSPS) is 12.5. The van der Waals surface area contributed by atoms with Crippen LogP contribution in [0.3, 0.4) is 0 Å². The number of nitrogens with one attached hydrogen (secondary N) is 1. The number of anilines is 1. The van der Waals surface area contributed by atoms with Gasteiger partial charge in [0.1, 0.15) is 5.69 Å². The largest absolute Gasteiger partial charge is 0.301 e. The minimum absolute atomic E-state index is 0.104. The fourth-order valence-electron chi connectivity index (χ4n) is 2.26. The minimum atomic E-state index is -0.672. The summed E-state index contributed by atoms with van der Waals surface area (Å²) in [6.45, 7) is 4.04. The predicted octanol–water partition coefficient (Wildman–Crippen LogP) is 4.37. The fourth-order valence-corrected chi connectivity index (χ4v) is 2.26. The molecule has 0 bridgehead atoms. The van der Waals surface area contributed by atoms with Gasteiger partial charge in [-0.1, -0.05) is 44.2 Å². The van der Waals surface area contributed by atoms with E-state index in [0.717, 1.165) is 23.8 Å². The van der Waals surface area contributed by atoms with Gasteiger partial charge in [-0.25, -0.2) is 0 Å². The summed E-state index contributed by atoms with van der Waals surface area (Å²) >= 11 is 0. The summed E-state index contributed by atoms with van der Waals surface area (Å²) in [6.07, 6.45) is 0.845. The molecule has 2 aromatic rings. The maximum absolute atomic E-state index is 11.2. The summed E-state index contributed by atoms with van der Waals surface area (Å²) in [7, 11) is 0. The second-order valence-corrected chi connectivity index (χ2v) is 5.50. The third-order valence-electron chi connectivity index (χ3n) is 3.83. The van der Waals surface area contributed by atoms with Crippen molar-refractivity contribution in [3.63, 3.8) is 0 Å². The first-order valence-electron chi connectivity index (χ1n) is 7.75. The molecule has 0 radical (unpaired) electrons. The lowest BCUT2D eigenvalue weighted by atomic mass is 9.96. The second kappa shape index (κ2) is 8.00. The van der Waals surface area contributed by atoms with Gasteiger partial charge in [0.25, 0.3) is 5.69 Å². The zero-order chi connectivity index (χ0) is 18.4. The Morgan fingerprint density at radius 3 is 2.36 bits per heavy atom. The molecule has 2 aromatic carbocycles. The van der Waals surface area contributed by atoms with E-state index in [9.17, 15) is 20.2 Å². The molecule has 130 valence electrons. The molecular formula is C17H18N4O4. The quantitative estimate of drug-likeness (QED) is 0.456. The van der Waals surface area contributed by atoms with Crippen molar-refractivity contribution in [2.75, 3.05) is 5.43 Å². The number of nitro benzene ring substituents is 2. The zero-order valence-electron chi connectivity index (χ0n) is 13.9. The van der Waals surface area contributed by atoms with Crippen molar-refractivity contribution in [1.82, 2.24) is 0 Å². The molecular weight excluding hydrogens is 324 g/mol. The standard InChI is InChI=1S/C17H18N4O4/c1-3-12(2)17(13-7-5-4-6-8-13)19-18-15-10-9-14(20(22)23)11-16(15)21(24)25/h4-12,18H,3H2,1-2H3. The highest BCUT2D eigenvalue weighted by atomic mass is 16.6. The van der Waals surface area contributed by atoms with E-state index in [4.69, 9.17) is 0 Å². The summed E-state index contributed by atoms with van der Waals surface area (Å²) in [5.74, 6) is 0.131. The second-order valence-electron chi connectivity index (χ2n) is 5.50. The van der Waals surface area contributed by atoms with Gasteiger partial charge >= 0.3 is 5.69 Å². The third kappa shape index (κ3) is 4.37. The van der Waals surface area contributed by atoms with Crippen molar-refractivity contribution in [1.29, 1.82) is 0 Å². The Morgan fingerprint density at radius 1 is 1.12 bits per heavy atom. The van der Waals surface area contributed by atoms with Crippen LogP contribution in [-0.2, 0) is 0 Å². The maximum Gasteiger partial charge on any atom is 0.301 e. The molecule has 0 aliphatic heterocycles. The number of hydrogen-bond acceptors (Lipinski definition) is 6. The molecule has 0 heterocycles. The zero-order valence-corrected chi connectivity index (χ0v) is 13.9. The van der Waals surface area contributed by atoms with E-state index in [1.54, 1.807) is 0 Å². The first kappa shape index (κ1) is 18.1. The van der Waals surface area contributed by atoms with Crippen LogP contribution in [-0.4, -0.2) is 15.6 Å². The molecule has 25 heavy (non-hydrogen) atoms. The van der Waals surface area contributed by atoms with Crippen LogP contribution >= 0.6 is 0 Å². The van der Waals surface area contributed by atoms with Crippen LogP contribution in [0.5, 0.6) is 0 Å². The van der Waals surface area contributed by atoms with E-state index in [0.29, 0.717) is 0 Å². The van der Waals surface area contributed by atoms with Gasteiger partial charge in [-0.05, 0) is 18.1 Å². The Bertz CT molecular complexity index is 806. The Kier molecular flexibility index (Phi) is 5.78. The molecule has 0 aliphatic rings. The van der Waals surface area contributed by atoms with Crippen LogP contribution in [0.4, 0.5) is 17.1 Å². The van der Waals surface area contributed by atoms with Crippen LogP contribution in [0.25, 0.3) is 0 Å². The van der Waals surface area contributed by atoms with Crippen LogP contribution < -0.4 is 5.43 Å². The number of hydrogen-bond donors (Lipinski definition) is 1. The van der Waals surface area contributed by atoms with E-state index in [1.165, 1.54) is 12.1 Å². The predicted molar refractivity (Wildman–Crippen MR) is 95.8 cm³/mol. The molecule has 1 atom stereocenters. The summed E-state index contributed by atoms with van der Waals surface area (Å²) < 4.78 is 0. The van der Waals surface area contributed by atoms with E-state index >= 15 is 0 Å². The Balaban J connectivity index is 2.40. The number of nitrogens with zero attached hydrogens (tertiary/aromatic N) is 3. The molecule has 8 nitrogen and oxygen atoms in total. The van der Waals surface area contributed by atoms with Crippen LogP contribution in [0.2, 0.25) is 0 Å². The summed E-state index contributed by atoms with van der Waals surface area (Å²) in [5, 5.41) is 26.3. The SMILES string of the molecule is CCC(C)C(=NNc1ccc([N+](=O)[O-])cc1[N+](=O)[O-])c1ccccc1. The van der Waals surface area contributed by atoms with E-state index in [1.807, 2.05) is 44.2 Å². The monoisotopic (exact) mass is 342 g/mol. The minimum Gasteiger partial charge on any atom is -0.271 e. The molecule has 0 saturated heterocycles. The number of benzene rings is 2. The van der Waals surface area contributed by atoms with Gasteiger partial charge in [-0.15, -0.1) is 0 Å². The van der Waals surface area contributed by atoms with Gasteiger partial charge in [-0.2, -0.15) is 5.10 Å². The number of rotatable bonds is 7. The van der Waals surface area contributed by atoms with E-state index < -0.39 is 15.5 Å². The van der Waals surface area contributed by atoms with E-state index in [2.05, 4.69) is 10.5 Å². The number of hydrazone groups is 1. The molecule has 0 aromatic heterocycles. The molecule has 0 amide bonds. The summed E-state index contributed by atoms with van der Waals surface area (Å²) in [6, 6.07) is 12.9. The van der Waals surface area contributed by atoms with Crippen molar-refractivity contribution < 1.29 is 9.85 Å². The molecule has 0 spiro atoms. The molecule has 0 saturated carbocycles. The Labute approximate surface area is 144 Å². The van der Waals surface area contributed by atoms with Crippen molar-refractivity contribution in [3.8, 4) is 0 Å².